The maximum atomic E-state index is 13.3. The molecule has 3 aromatic heterocycles. The molecule has 0 bridgehead atoms. The molecule has 1 aromatic carbocycles. The molecule has 0 fully saturated rings. The third-order valence-corrected chi connectivity index (χ3v) is 5.55. The molecule has 0 aliphatic rings. The summed E-state index contributed by atoms with van der Waals surface area (Å²) in [5, 5.41) is 11.9. The van der Waals surface area contributed by atoms with Crippen LogP contribution in [0.3, 0.4) is 0 Å². The molecular weight excluding hydrogens is 418 g/mol. The fourth-order valence-electron chi connectivity index (χ4n) is 3.83. The molecular formula is C25H27N5O3. The van der Waals surface area contributed by atoms with Gasteiger partial charge in [0.1, 0.15) is 16.8 Å². The van der Waals surface area contributed by atoms with Gasteiger partial charge in [0.05, 0.1) is 10.9 Å². The van der Waals surface area contributed by atoms with Gasteiger partial charge in [0.25, 0.3) is 11.5 Å². The van der Waals surface area contributed by atoms with Crippen LogP contribution in [0.4, 0.5) is 0 Å². The summed E-state index contributed by atoms with van der Waals surface area (Å²) in [6.07, 6.45) is 2.30. The average Bonchev–Trinajstić information content (AvgIpc) is 2.83. The monoisotopic (exact) mass is 445 g/mol. The minimum atomic E-state index is -0.405. The number of aromatic nitrogens is 3. The number of amides is 1. The number of rotatable bonds is 8. The lowest BCUT2D eigenvalue weighted by Gasteiger charge is -2.15. The predicted octanol–water partition coefficient (Wildman–Crippen LogP) is 2.79. The van der Waals surface area contributed by atoms with Crippen molar-refractivity contribution >= 4 is 22.6 Å². The number of pyridine rings is 2. The summed E-state index contributed by atoms with van der Waals surface area (Å²) in [6, 6.07) is 14.7. The van der Waals surface area contributed by atoms with Crippen LogP contribution in [0.25, 0.3) is 16.7 Å². The first-order chi connectivity index (χ1) is 16.0. The number of carbonyl (C=O) groups excluding carboxylic acids is 1. The number of hydrogen-bond donors (Lipinski definition) is 2. The summed E-state index contributed by atoms with van der Waals surface area (Å²) in [5.41, 5.74) is 2.63. The van der Waals surface area contributed by atoms with Gasteiger partial charge in [0.15, 0.2) is 0 Å². The van der Waals surface area contributed by atoms with Crippen molar-refractivity contribution in [1.29, 1.82) is 5.41 Å². The topological polar surface area (TPSA) is 101 Å². The molecule has 0 saturated carbocycles. The molecule has 170 valence electrons. The van der Waals surface area contributed by atoms with E-state index in [2.05, 4.69) is 5.32 Å². The van der Waals surface area contributed by atoms with Gasteiger partial charge >= 0.3 is 0 Å². The summed E-state index contributed by atoms with van der Waals surface area (Å²) < 4.78 is 8.57. The van der Waals surface area contributed by atoms with E-state index >= 15 is 0 Å². The van der Waals surface area contributed by atoms with E-state index in [1.165, 1.54) is 10.5 Å². The zero-order chi connectivity index (χ0) is 23.4. The van der Waals surface area contributed by atoms with E-state index in [1.54, 1.807) is 16.8 Å². The lowest BCUT2D eigenvalue weighted by Crippen LogP contribution is -2.35. The molecule has 3 heterocycles. The van der Waals surface area contributed by atoms with Crippen molar-refractivity contribution in [1.82, 2.24) is 19.3 Å². The lowest BCUT2D eigenvalue weighted by atomic mass is 10.1. The van der Waals surface area contributed by atoms with E-state index in [4.69, 9.17) is 15.1 Å². The SMILES string of the molecule is CCOCCCn1c(=N)c(C(=O)NCc2ccccc2)cc2c(=O)n3cccc(C)c3nc21. The molecule has 4 aromatic rings. The Hall–Kier alpha value is -3.78. The fourth-order valence-corrected chi connectivity index (χ4v) is 3.83. The molecule has 8 nitrogen and oxygen atoms in total. The van der Waals surface area contributed by atoms with E-state index < -0.39 is 5.91 Å². The molecule has 1 amide bonds. The van der Waals surface area contributed by atoms with Gasteiger partial charge in [-0.15, -0.1) is 0 Å². The summed E-state index contributed by atoms with van der Waals surface area (Å²) in [5.74, 6) is -0.405. The maximum Gasteiger partial charge on any atom is 0.267 e. The number of hydrogen-bond acceptors (Lipinski definition) is 5. The van der Waals surface area contributed by atoms with Gasteiger partial charge in [0, 0.05) is 32.5 Å². The molecule has 33 heavy (non-hydrogen) atoms. The number of nitrogens with one attached hydrogen (secondary N) is 2. The van der Waals surface area contributed by atoms with Crippen LogP contribution in [-0.2, 0) is 17.8 Å². The molecule has 0 aliphatic carbocycles. The van der Waals surface area contributed by atoms with Gasteiger partial charge in [-0.3, -0.25) is 19.4 Å². The maximum absolute atomic E-state index is 13.3. The Morgan fingerprint density at radius 2 is 1.94 bits per heavy atom. The molecule has 0 unspecified atom stereocenters. The Morgan fingerprint density at radius 3 is 2.70 bits per heavy atom. The highest BCUT2D eigenvalue weighted by molar-refractivity contribution is 5.96. The van der Waals surface area contributed by atoms with Crippen molar-refractivity contribution in [3.05, 3.63) is 87.3 Å². The van der Waals surface area contributed by atoms with Crippen molar-refractivity contribution < 1.29 is 9.53 Å². The van der Waals surface area contributed by atoms with Gasteiger partial charge < -0.3 is 14.6 Å². The van der Waals surface area contributed by atoms with Crippen LogP contribution in [0, 0.1) is 12.3 Å². The second-order valence-corrected chi connectivity index (χ2v) is 7.82. The van der Waals surface area contributed by atoms with Crippen molar-refractivity contribution in [3.63, 3.8) is 0 Å². The quantitative estimate of drug-likeness (QED) is 0.322. The van der Waals surface area contributed by atoms with Crippen LogP contribution >= 0.6 is 0 Å². The van der Waals surface area contributed by atoms with Crippen LogP contribution < -0.4 is 16.4 Å². The third kappa shape index (κ3) is 4.56. The Morgan fingerprint density at radius 1 is 1.15 bits per heavy atom. The van der Waals surface area contributed by atoms with Crippen molar-refractivity contribution in [2.45, 2.75) is 33.4 Å². The van der Waals surface area contributed by atoms with E-state index in [9.17, 15) is 9.59 Å². The van der Waals surface area contributed by atoms with Gasteiger partial charge in [0.2, 0.25) is 0 Å². The number of carbonyl (C=O) groups is 1. The highest BCUT2D eigenvalue weighted by atomic mass is 16.5. The number of aryl methyl sites for hydroxylation is 2. The van der Waals surface area contributed by atoms with Crippen molar-refractivity contribution in [2.75, 3.05) is 13.2 Å². The number of ether oxygens (including phenoxy) is 1. The Bertz CT molecular complexity index is 1420. The second-order valence-electron chi connectivity index (χ2n) is 7.82. The number of fused-ring (bicyclic) bond motifs is 2. The first-order valence-electron chi connectivity index (χ1n) is 11.0. The predicted molar refractivity (Wildman–Crippen MR) is 126 cm³/mol. The molecule has 0 radical (unpaired) electrons. The summed E-state index contributed by atoms with van der Waals surface area (Å²) in [7, 11) is 0. The normalized spacial score (nSPS) is 11.2. The van der Waals surface area contributed by atoms with E-state index in [1.807, 2.05) is 50.2 Å². The van der Waals surface area contributed by atoms with Crippen LogP contribution in [0.15, 0.2) is 59.5 Å². The lowest BCUT2D eigenvalue weighted by molar-refractivity contribution is 0.0948. The Labute approximate surface area is 191 Å². The van der Waals surface area contributed by atoms with Crippen LogP contribution in [0.5, 0.6) is 0 Å². The van der Waals surface area contributed by atoms with Crippen LogP contribution in [0.1, 0.15) is 34.8 Å². The molecule has 2 N–H and O–H groups in total. The number of benzene rings is 1. The van der Waals surface area contributed by atoms with Gasteiger partial charge in [-0.1, -0.05) is 36.4 Å². The molecule has 0 atom stereocenters. The molecule has 0 saturated heterocycles. The summed E-state index contributed by atoms with van der Waals surface area (Å²) in [4.78, 5) is 31.1. The van der Waals surface area contributed by atoms with E-state index in [0.29, 0.717) is 49.4 Å². The van der Waals surface area contributed by atoms with Crippen LogP contribution in [0.2, 0.25) is 0 Å². The fraction of sp³-hybridized carbons (Fsp3) is 0.280. The third-order valence-electron chi connectivity index (χ3n) is 5.55. The highest BCUT2D eigenvalue weighted by Gasteiger charge is 2.18. The Balaban J connectivity index is 1.83. The molecule has 8 heteroatoms. The zero-order valence-electron chi connectivity index (χ0n) is 18.8. The second kappa shape index (κ2) is 9.79. The smallest absolute Gasteiger partial charge is 0.267 e. The standard InChI is InChI=1S/C25H27N5O3/c1-3-33-14-8-13-29-21(26)19(24(31)27-16-18-10-5-4-6-11-18)15-20-23(29)28-22-17(2)9-7-12-30(22)25(20)32/h4-7,9-12,15,26H,3,8,13-14,16H2,1-2H3,(H,27,31). The van der Waals surface area contributed by atoms with Gasteiger partial charge in [-0.2, -0.15) is 0 Å². The zero-order valence-corrected chi connectivity index (χ0v) is 18.8. The first-order valence-corrected chi connectivity index (χ1v) is 11.0. The molecule has 0 aliphatic heterocycles. The molecule has 4 rings (SSSR count). The van der Waals surface area contributed by atoms with Crippen molar-refractivity contribution in [2.24, 2.45) is 0 Å². The van der Waals surface area contributed by atoms with E-state index in [0.717, 1.165) is 11.1 Å². The minimum Gasteiger partial charge on any atom is -0.382 e. The summed E-state index contributed by atoms with van der Waals surface area (Å²) >= 11 is 0. The van der Waals surface area contributed by atoms with Gasteiger partial charge in [-0.25, -0.2) is 4.98 Å². The summed E-state index contributed by atoms with van der Waals surface area (Å²) in [6.45, 7) is 5.66. The number of nitrogens with zero attached hydrogens (tertiary/aromatic N) is 3. The minimum absolute atomic E-state index is 0.0226. The largest absolute Gasteiger partial charge is 0.382 e. The van der Waals surface area contributed by atoms with Gasteiger partial charge in [-0.05, 0) is 43.5 Å². The highest BCUT2D eigenvalue weighted by Crippen LogP contribution is 2.13. The molecule has 0 spiro atoms. The first kappa shape index (κ1) is 22.4. The Kier molecular flexibility index (Phi) is 6.65. The van der Waals surface area contributed by atoms with Crippen molar-refractivity contribution in [3.8, 4) is 0 Å². The average molecular weight is 446 g/mol. The van der Waals surface area contributed by atoms with Crippen LogP contribution in [-0.4, -0.2) is 33.1 Å². The van der Waals surface area contributed by atoms with E-state index in [-0.39, 0.29) is 16.6 Å².